The lowest BCUT2D eigenvalue weighted by atomic mass is 10.1. The summed E-state index contributed by atoms with van der Waals surface area (Å²) >= 11 is 1.58. The number of nitrogens with zero attached hydrogens (tertiary/aromatic N) is 3. The van der Waals surface area contributed by atoms with E-state index >= 15 is 0 Å². The van der Waals surface area contributed by atoms with Gasteiger partial charge in [-0.05, 0) is 64.1 Å². The van der Waals surface area contributed by atoms with E-state index in [2.05, 4.69) is 57.2 Å². The molecule has 5 heteroatoms. The van der Waals surface area contributed by atoms with Crippen molar-refractivity contribution >= 4 is 28.6 Å². The van der Waals surface area contributed by atoms with Crippen molar-refractivity contribution < 1.29 is 4.84 Å². The molecule has 0 aromatic carbocycles. The third kappa shape index (κ3) is 4.29. The van der Waals surface area contributed by atoms with Gasteiger partial charge in [-0.3, -0.25) is 9.98 Å². The van der Waals surface area contributed by atoms with E-state index in [1.165, 1.54) is 0 Å². The third-order valence-electron chi connectivity index (χ3n) is 3.49. The molecule has 2 rings (SSSR count). The highest BCUT2D eigenvalue weighted by molar-refractivity contribution is 8.17. The molecule has 4 nitrogen and oxygen atoms in total. The van der Waals surface area contributed by atoms with Crippen LogP contribution in [0.5, 0.6) is 0 Å². The Bertz CT molecular complexity index is 705. The molecule has 1 aromatic rings. The fourth-order valence-corrected chi connectivity index (χ4v) is 3.29. The van der Waals surface area contributed by atoms with Gasteiger partial charge in [0, 0.05) is 23.4 Å². The molecule has 0 aliphatic carbocycles. The topological polar surface area (TPSA) is 37.7 Å². The first kappa shape index (κ1) is 18.3. The molecule has 1 fully saturated rings. The average molecular weight is 343 g/mol. The molecule has 1 aliphatic heterocycles. The van der Waals surface area contributed by atoms with E-state index in [0.717, 1.165) is 39.2 Å². The first-order chi connectivity index (χ1) is 11.5. The normalized spacial score (nSPS) is 18.6. The number of pyridine rings is 1. The summed E-state index contributed by atoms with van der Waals surface area (Å²) in [6, 6.07) is 2.38. The first-order valence-electron chi connectivity index (χ1n) is 8.14. The Kier molecular flexibility index (Phi) is 6.26. The molecule has 0 saturated carbocycles. The summed E-state index contributed by atoms with van der Waals surface area (Å²) in [5, 5.41) is 3.62. The fraction of sp³-hybridized carbons (Fsp3) is 0.368. The van der Waals surface area contributed by atoms with E-state index in [9.17, 15) is 0 Å². The smallest absolute Gasteiger partial charge is 0.201 e. The van der Waals surface area contributed by atoms with Crippen LogP contribution in [-0.2, 0) is 4.84 Å². The number of rotatable bonds is 5. The molecule has 1 saturated heterocycles. The standard InChI is InChI=1S/C19H25N3OS/c1-7-9-10-17-14(5)11-16(12-20-17)15(6)18-23-22(8-2)19(24-18)21-13(3)4/h7,9-13H,1,8H2,2-6H3/b10-9-,18-15+,21-19?. The highest BCUT2D eigenvalue weighted by Crippen LogP contribution is 2.36. The summed E-state index contributed by atoms with van der Waals surface area (Å²) in [4.78, 5) is 15.1. The quantitative estimate of drug-likeness (QED) is 0.702. The molecule has 0 atom stereocenters. The summed E-state index contributed by atoms with van der Waals surface area (Å²) in [7, 11) is 0. The van der Waals surface area contributed by atoms with Crippen molar-refractivity contribution in [3.05, 3.63) is 52.9 Å². The Labute approximate surface area is 149 Å². The zero-order valence-electron chi connectivity index (χ0n) is 15.0. The number of hydrogen-bond donors (Lipinski definition) is 0. The summed E-state index contributed by atoms with van der Waals surface area (Å²) in [6.45, 7) is 14.8. The number of hydrogen-bond acceptors (Lipinski definition) is 4. The zero-order chi connectivity index (χ0) is 17.7. The summed E-state index contributed by atoms with van der Waals surface area (Å²) in [5.74, 6) is 0. The van der Waals surface area contributed by atoms with Crippen LogP contribution in [0.3, 0.4) is 0 Å². The second-order valence-electron chi connectivity index (χ2n) is 5.83. The van der Waals surface area contributed by atoms with Gasteiger partial charge in [-0.15, -0.1) is 0 Å². The van der Waals surface area contributed by atoms with Crippen LogP contribution in [0.25, 0.3) is 11.6 Å². The number of aromatic nitrogens is 1. The van der Waals surface area contributed by atoms with Crippen LogP contribution in [-0.4, -0.2) is 27.8 Å². The number of allylic oxidation sites excluding steroid dienone is 3. The van der Waals surface area contributed by atoms with Gasteiger partial charge in [0.2, 0.25) is 5.17 Å². The van der Waals surface area contributed by atoms with Gasteiger partial charge in [-0.25, -0.2) is 0 Å². The molecule has 128 valence electrons. The molecule has 24 heavy (non-hydrogen) atoms. The predicted octanol–water partition coefficient (Wildman–Crippen LogP) is 5.04. The van der Waals surface area contributed by atoms with Crippen LogP contribution in [0, 0.1) is 6.92 Å². The maximum atomic E-state index is 5.97. The van der Waals surface area contributed by atoms with Crippen molar-refractivity contribution in [1.82, 2.24) is 10.0 Å². The van der Waals surface area contributed by atoms with Crippen molar-refractivity contribution in [1.29, 1.82) is 0 Å². The first-order valence-corrected chi connectivity index (χ1v) is 8.96. The lowest BCUT2D eigenvalue weighted by Gasteiger charge is -2.14. The van der Waals surface area contributed by atoms with Crippen molar-refractivity contribution in [3.63, 3.8) is 0 Å². The van der Waals surface area contributed by atoms with E-state index in [1.54, 1.807) is 17.8 Å². The Hall–Kier alpha value is -2.01. The molecule has 2 heterocycles. The number of aliphatic imine (C=N–C) groups is 1. The van der Waals surface area contributed by atoms with E-state index in [1.807, 2.05) is 23.4 Å². The second-order valence-corrected chi connectivity index (χ2v) is 6.77. The van der Waals surface area contributed by atoms with Crippen molar-refractivity contribution in [3.8, 4) is 0 Å². The summed E-state index contributed by atoms with van der Waals surface area (Å²) in [6.07, 6.45) is 7.49. The maximum Gasteiger partial charge on any atom is 0.201 e. The van der Waals surface area contributed by atoms with Crippen molar-refractivity contribution in [2.45, 2.75) is 40.7 Å². The lowest BCUT2D eigenvalue weighted by Crippen LogP contribution is -2.22. The molecular formula is C19H25N3OS. The van der Waals surface area contributed by atoms with Gasteiger partial charge in [0.25, 0.3) is 0 Å². The van der Waals surface area contributed by atoms with Crippen LogP contribution in [0.2, 0.25) is 0 Å². The monoisotopic (exact) mass is 343 g/mol. The SMILES string of the molecule is C=C/C=C\c1ncc(/C(C)=C2\ON(CC)C(=NC(C)C)S2)cc1C. The third-order valence-corrected chi connectivity index (χ3v) is 4.55. The molecule has 1 aromatic heterocycles. The highest BCUT2D eigenvalue weighted by Gasteiger charge is 2.27. The molecular weight excluding hydrogens is 318 g/mol. The molecule has 0 spiro atoms. The minimum Gasteiger partial charge on any atom is -0.370 e. The lowest BCUT2D eigenvalue weighted by molar-refractivity contribution is -0.0223. The van der Waals surface area contributed by atoms with Gasteiger partial charge in [0.05, 0.1) is 12.2 Å². The van der Waals surface area contributed by atoms with Gasteiger partial charge in [-0.2, -0.15) is 5.06 Å². The van der Waals surface area contributed by atoms with Gasteiger partial charge >= 0.3 is 0 Å². The van der Waals surface area contributed by atoms with E-state index in [-0.39, 0.29) is 6.04 Å². The van der Waals surface area contributed by atoms with Crippen LogP contribution in [0.4, 0.5) is 0 Å². The molecule has 0 radical (unpaired) electrons. The van der Waals surface area contributed by atoms with E-state index in [0.29, 0.717) is 0 Å². The predicted molar refractivity (Wildman–Crippen MR) is 104 cm³/mol. The Morgan fingerprint density at radius 3 is 2.83 bits per heavy atom. The van der Waals surface area contributed by atoms with Gasteiger partial charge < -0.3 is 4.84 Å². The minimum absolute atomic E-state index is 0.240. The highest BCUT2D eigenvalue weighted by atomic mass is 32.2. The second kappa shape index (κ2) is 8.20. The zero-order valence-corrected chi connectivity index (χ0v) is 15.9. The largest absolute Gasteiger partial charge is 0.370 e. The minimum atomic E-state index is 0.240. The van der Waals surface area contributed by atoms with E-state index < -0.39 is 0 Å². The molecule has 0 bridgehead atoms. The van der Waals surface area contributed by atoms with Gasteiger partial charge in [0.15, 0.2) is 5.09 Å². The number of thioether (sulfide) groups is 1. The summed E-state index contributed by atoms with van der Waals surface area (Å²) < 4.78 is 0. The van der Waals surface area contributed by atoms with Crippen molar-refractivity contribution in [2.24, 2.45) is 4.99 Å². The molecule has 1 aliphatic rings. The molecule has 0 amide bonds. The number of amidine groups is 1. The number of aryl methyl sites for hydroxylation is 1. The van der Waals surface area contributed by atoms with Crippen LogP contribution < -0.4 is 0 Å². The van der Waals surface area contributed by atoms with Gasteiger partial charge in [0.1, 0.15) is 0 Å². The Morgan fingerprint density at radius 1 is 1.50 bits per heavy atom. The van der Waals surface area contributed by atoms with E-state index in [4.69, 9.17) is 4.84 Å². The fourth-order valence-electron chi connectivity index (χ4n) is 2.19. The molecule has 0 unspecified atom stereocenters. The average Bonchev–Trinajstić information content (AvgIpc) is 2.95. The Morgan fingerprint density at radius 2 is 2.25 bits per heavy atom. The van der Waals surface area contributed by atoms with Crippen LogP contribution >= 0.6 is 11.8 Å². The van der Waals surface area contributed by atoms with Gasteiger partial charge in [-0.1, -0.05) is 18.7 Å². The van der Waals surface area contributed by atoms with Crippen LogP contribution in [0.1, 0.15) is 44.5 Å². The Balaban J connectivity index is 2.32. The molecule has 0 N–H and O–H groups in total. The van der Waals surface area contributed by atoms with Crippen LogP contribution in [0.15, 0.2) is 41.1 Å². The maximum absolute atomic E-state index is 5.97. The summed E-state index contributed by atoms with van der Waals surface area (Å²) in [5.41, 5.74) is 4.21. The van der Waals surface area contributed by atoms with Crippen molar-refractivity contribution in [2.75, 3.05) is 6.54 Å². The number of hydroxylamine groups is 2.